The van der Waals surface area contributed by atoms with Crippen molar-refractivity contribution in [1.29, 1.82) is 0 Å². The van der Waals surface area contributed by atoms with Crippen molar-refractivity contribution in [2.75, 3.05) is 0 Å². The molecule has 0 heterocycles. The maximum absolute atomic E-state index is 13.0. The highest BCUT2D eigenvalue weighted by Gasteiger charge is 2.40. The first-order valence-corrected chi connectivity index (χ1v) is 8.06. The van der Waals surface area contributed by atoms with Crippen LogP contribution in [0.1, 0.15) is 70.1 Å². The molecule has 0 aliphatic heterocycles. The Morgan fingerprint density at radius 2 is 1.25 bits per heavy atom. The van der Waals surface area contributed by atoms with Crippen molar-refractivity contribution in [1.82, 2.24) is 0 Å². The molecule has 0 saturated carbocycles. The van der Waals surface area contributed by atoms with Crippen molar-refractivity contribution in [3.8, 4) is 0 Å². The van der Waals surface area contributed by atoms with Gasteiger partial charge in [-0.15, -0.1) is 0 Å². The maximum Gasteiger partial charge on any atom is 0.416 e. The van der Waals surface area contributed by atoms with Crippen molar-refractivity contribution < 1.29 is 26.3 Å². The van der Waals surface area contributed by atoms with Crippen LogP contribution in [-0.4, -0.2) is 0 Å². The fraction of sp³-hybridized carbons (Fsp3) is 0.667. The Kier molecular flexibility index (Phi) is 6.05. The van der Waals surface area contributed by atoms with Crippen LogP contribution in [0, 0.1) is 11.3 Å². The summed E-state index contributed by atoms with van der Waals surface area (Å²) in [5, 5.41) is 0. The third kappa shape index (κ3) is 4.25. The molecule has 0 aromatic heterocycles. The van der Waals surface area contributed by atoms with Crippen molar-refractivity contribution in [3.05, 3.63) is 34.9 Å². The van der Waals surface area contributed by atoms with Crippen LogP contribution in [0.4, 0.5) is 26.3 Å². The van der Waals surface area contributed by atoms with Crippen LogP contribution in [0.15, 0.2) is 18.2 Å². The highest BCUT2D eigenvalue weighted by atomic mass is 19.4. The standard InChI is InChI=1S/C18H24F6/c1-6-11(3)16(5,7-2)12(4)13-8-14(17(19,20)21)10-15(9-13)18(22,23)24/h8-12H,6-7H2,1-5H3. The molecule has 3 unspecified atom stereocenters. The number of alkyl halides is 6. The summed E-state index contributed by atoms with van der Waals surface area (Å²) < 4.78 is 78.2. The van der Waals surface area contributed by atoms with Crippen molar-refractivity contribution in [3.63, 3.8) is 0 Å². The quantitative estimate of drug-likeness (QED) is 0.487. The van der Waals surface area contributed by atoms with Gasteiger partial charge in [-0.25, -0.2) is 0 Å². The van der Waals surface area contributed by atoms with Gasteiger partial charge < -0.3 is 0 Å². The van der Waals surface area contributed by atoms with Gasteiger partial charge in [0.05, 0.1) is 11.1 Å². The van der Waals surface area contributed by atoms with E-state index in [1.165, 1.54) is 0 Å². The lowest BCUT2D eigenvalue weighted by molar-refractivity contribution is -0.143. The van der Waals surface area contributed by atoms with Crippen molar-refractivity contribution >= 4 is 0 Å². The summed E-state index contributed by atoms with van der Waals surface area (Å²) in [5.41, 5.74) is -2.80. The fourth-order valence-corrected chi connectivity index (χ4v) is 3.16. The van der Waals surface area contributed by atoms with E-state index in [0.29, 0.717) is 6.42 Å². The van der Waals surface area contributed by atoms with Gasteiger partial charge >= 0.3 is 12.4 Å². The Morgan fingerprint density at radius 1 is 0.833 bits per heavy atom. The van der Waals surface area contributed by atoms with Crippen molar-refractivity contribution in [2.45, 2.75) is 65.7 Å². The summed E-state index contributed by atoms with van der Waals surface area (Å²) in [4.78, 5) is 0. The Morgan fingerprint density at radius 3 is 1.54 bits per heavy atom. The smallest absolute Gasteiger partial charge is 0.166 e. The van der Waals surface area contributed by atoms with Crippen LogP contribution < -0.4 is 0 Å². The minimum Gasteiger partial charge on any atom is -0.166 e. The molecule has 0 aliphatic carbocycles. The van der Waals surface area contributed by atoms with Gasteiger partial charge in [-0.1, -0.05) is 41.0 Å². The summed E-state index contributed by atoms with van der Waals surface area (Å²) in [6.45, 7) is 9.52. The first kappa shape index (κ1) is 20.8. The molecule has 24 heavy (non-hydrogen) atoms. The second kappa shape index (κ2) is 6.96. The zero-order valence-electron chi connectivity index (χ0n) is 14.6. The summed E-state index contributed by atoms with van der Waals surface area (Å²) in [6.07, 6.45) is -8.15. The van der Waals surface area contributed by atoms with E-state index in [1.807, 2.05) is 27.7 Å². The van der Waals surface area contributed by atoms with Gasteiger partial charge in [0.15, 0.2) is 0 Å². The molecule has 0 nitrogen and oxygen atoms in total. The van der Waals surface area contributed by atoms with Crippen LogP contribution >= 0.6 is 0 Å². The lowest BCUT2D eigenvalue weighted by Gasteiger charge is -2.41. The number of benzene rings is 1. The van der Waals surface area contributed by atoms with E-state index in [0.717, 1.165) is 18.6 Å². The van der Waals surface area contributed by atoms with E-state index >= 15 is 0 Å². The van der Waals surface area contributed by atoms with Crippen LogP contribution in [0.25, 0.3) is 0 Å². The Labute approximate surface area is 139 Å². The highest BCUT2D eigenvalue weighted by Crippen LogP contribution is 2.47. The minimum atomic E-state index is -4.81. The van der Waals surface area contributed by atoms with Gasteiger partial charge in [0.1, 0.15) is 0 Å². The molecule has 138 valence electrons. The second-order valence-corrected chi connectivity index (χ2v) is 6.73. The Bertz CT molecular complexity index is 525. The fourth-order valence-electron chi connectivity index (χ4n) is 3.16. The summed E-state index contributed by atoms with van der Waals surface area (Å²) in [6, 6.07) is 1.90. The first-order chi connectivity index (χ1) is 10.8. The van der Waals surface area contributed by atoms with Gasteiger partial charge in [0, 0.05) is 0 Å². The molecular weight excluding hydrogens is 330 g/mol. The SMILES string of the molecule is CCC(C)C(C)(CC)C(C)c1cc(C(F)(F)F)cc(C(F)(F)F)c1. The van der Waals surface area contributed by atoms with Gasteiger partial charge in [0.25, 0.3) is 0 Å². The first-order valence-electron chi connectivity index (χ1n) is 8.06. The number of halogens is 6. The van der Waals surface area contributed by atoms with E-state index in [2.05, 4.69) is 0 Å². The molecule has 0 bridgehead atoms. The molecule has 0 radical (unpaired) electrons. The lowest BCUT2D eigenvalue weighted by Crippen LogP contribution is -2.31. The molecule has 0 spiro atoms. The molecule has 0 saturated heterocycles. The second-order valence-electron chi connectivity index (χ2n) is 6.73. The van der Waals surface area contributed by atoms with Crippen LogP contribution in [0.2, 0.25) is 0 Å². The topological polar surface area (TPSA) is 0 Å². The normalized spacial score (nSPS) is 18.1. The molecule has 0 N–H and O–H groups in total. The molecule has 0 amide bonds. The summed E-state index contributed by atoms with van der Waals surface area (Å²) in [7, 11) is 0. The van der Waals surface area contributed by atoms with E-state index < -0.39 is 29.4 Å². The zero-order valence-corrected chi connectivity index (χ0v) is 14.6. The summed E-state index contributed by atoms with van der Waals surface area (Å²) >= 11 is 0. The van der Waals surface area contributed by atoms with Gasteiger partial charge in [-0.2, -0.15) is 26.3 Å². The Balaban J connectivity index is 3.52. The highest BCUT2D eigenvalue weighted by molar-refractivity contribution is 5.36. The van der Waals surface area contributed by atoms with Gasteiger partial charge in [-0.3, -0.25) is 0 Å². The average Bonchev–Trinajstić information content (AvgIpc) is 2.50. The van der Waals surface area contributed by atoms with Crippen LogP contribution in [-0.2, 0) is 12.4 Å². The van der Waals surface area contributed by atoms with Gasteiger partial charge in [0.2, 0.25) is 0 Å². The van der Waals surface area contributed by atoms with Crippen molar-refractivity contribution in [2.24, 2.45) is 11.3 Å². The predicted octanol–water partition coefficient (Wildman–Crippen LogP) is 7.29. The molecule has 1 aromatic carbocycles. The average molecular weight is 354 g/mol. The van der Waals surface area contributed by atoms with E-state index in [9.17, 15) is 26.3 Å². The number of hydrogen-bond acceptors (Lipinski definition) is 0. The van der Waals surface area contributed by atoms with E-state index in [-0.39, 0.29) is 23.0 Å². The third-order valence-electron chi connectivity index (χ3n) is 5.60. The molecule has 1 rings (SSSR count). The zero-order chi connectivity index (χ0) is 18.9. The van der Waals surface area contributed by atoms with Crippen LogP contribution in [0.5, 0.6) is 0 Å². The monoisotopic (exact) mass is 354 g/mol. The van der Waals surface area contributed by atoms with E-state index in [4.69, 9.17) is 0 Å². The molecule has 0 aliphatic rings. The van der Waals surface area contributed by atoms with Gasteiger partial charge in [-0.05, 0) is 47.4 Å². The van der Waals surface area contributed by atoms with Crippen LogP contribution in [0.3, 0.4) is 0 Å². The predicted molar refractivity (Wildman–Crippen MR) is 82.7 cm³/mol. The maximum atomic E-state index is 13.0. The molecule has 0 fully saturated rings. The molecule has 1 aromatic rings. The Hall–Kier alpha value is -1.20. The number of hydrogen-bond donors (Lipinski definition) is 0. The van der Waals surface area contributed by atoms with E-state index in [1.54, 1.807) is 6.92 Å². The molecule has 6 heteroatoms. The minimum absolute atomic E-state index is 0.0850. The summed E-state index contributed by atoms with van der Waals surface area (Å²) in [5.74, 6) is -0.262. The molecular formula is C18H24F6. The lowest BCUT2D eigenvalue weighted by atomic mass is 9.64. The largest absolute Gasteiger partial charge is 0.416 e. The molecule has 3 atom stereocenters. The third-order valence-corrected chi connectivity index (χ3v) is 5.60. The number of rotatable bonds is 5.